The van der Waals surface area contributed by atoms with Gasteiger partial charge in [0, 0.05) is 30.3 Å². The Kier molecular flexibility index (Phi) is 4.42. The molecule has 1 saturated heterocycles. The molecule has 0 spiro atoms. The number of carboxylic acids is 1. The number of nitrogens with zero attached hydrogens (tertiary/aromatic N) is 2. The normalized spacial score (nSPS) is 19.9. The van der Waals surface area contributed by atoms with Crippen molar-refractivity contribution in [1.82, 2.24) is 4.98 Å². The number of pyridine rings is 1. The Morgan fingerprint density at radius 3 is 2.80 bits per heavy atom. The van der Waals surface area contributed by atoms with Crippen LogP contribution in [0.25, 0.3) is 0 Å². The lowest BCUT2D eigenvalue weighted by Crippen LogP contribution is -2.44. The quantitative estimate of drug-likeness (QED) is 0.930. The van der Waals surface area contributed by atoms with Gasteiger partial charge in [-0.15, -0.1) is 0 Å². The Morgan fingerprint density at radius 1 is 1.50 bits per heavy atom. The molecule has 1 aromatic rings. The zero-order valence-electron chi connectivity index (χ0n) is 10.4. The number of rotatable bonds is 3. The van der Waals surface area contributed by atoms with E-state index in [1.54, 1.807) is 16.7 Å². The van der Waals surface area contributed by atoms with E-state index in [4.69, 9.17) is 5.11 Å². The first kappa shape index (κ1) is 15.0. The molecular weight excluding hydrogens is 293 g/mol. The molecule has 1 N–H and O–H groups in total. The third-order valence-electron chi connectivity index (χ3n) is 3.01. The third kappa shape index (κ3) is 3.56. The molecular formula is C12H13F3N2O2S. The van der Waals surface area contributed by atoms with E-state index in [-0.39, 0.29) is 12.5 Å². The first-order chi connectivity index (χ1) is 9.38. The van der Waals surface area contributed by atoms with Crippen LogP contribution in [-0.4, -0.2) is 40.2 Å². The monoisotopic (exact) mass is 306 g/mol. The molecule has 0 bridgehead atoms. The third-order valence-corrected chi connectivity index (χ3v) is 4.10. The molecule has 0 amide bonds. The van der Waals surface area contributed by atoms with Gasteiger partial charge in [0.05, 0.1) is 12.0 Å². The molecule has 1 aliphatic rings. The zero-order chi connectivity index (χ0) is 14.8. The molecule has 110 valence electrons. The molecule has 0 aliphatic carbocycles. The molecule has 8 heteroatoms. The molecule has 1 aromatic heterocycles. The lowest BCUT2D eigenvalue weighted by molar-refractivity contribution is -0.138. The van der Waals surface area contributed by atoms with Gasteiger partial charge in [0.25, 0.3) is 0 Å². The minimum Gasteiger partial charge on any atom is -0.481 e. The van der Waals surface area contributed by atoms with Crippen LogP contribution in [0.1, 0.15) is 12.0 Å². The molecule has 0 radical (unpaired) electrons. The fraction of sp³-hybridized carbons (Fsp3) is 0.500. The van der Waals surface area contributed by atoms with E-state index in [0.717, 1.165) is 18.0 Å². The van der Waals surface area contributed by atoms with Crippen molar-refractivity contribution in [2.45, 2.75) is 18.6 Å². The Morgan fingerprint density at radius 2 is 2.25 bits per heavy atom. The van der Waals surface area contributed by atoms with Crippen molar-refractivity contribution in [1.29, 1.82) is 0 Å². The zero-order valence-corrected chi connectivity index (χ0v) is 11.2. The van der Waals surface area contributed by atoms with Crippen LogP contribution in [0.5, 0.6) is 0 Å². The van der Waals surface area contributed by atoms with Crippen molar-refractivity contribution in [3.05, 3.63) is 23.9 Å². The lowest BCUT2D eigenvalue weighted by atomic mass is 10.2. The van der Waals surface area contributed by atoms with Crippen LogP contribution in [0.2, 0.25) is 0 Å². The summed E-state index contributed by atoms with van der Waals surface area (Å²) in [5.41, 5.74) is -0.803. The van der Waals surface area contributed by atoms with Crippen molar-refractivity contribution < 1.29 is 23.1 Å². The van der Waals surface area contributed by atoms with Crippen molar-refractivity contribution in [2.24, 2.45) is 0 Å². The molecule has 2 rings (SSSR count). The Balaban J connectivity index is 2.17. The van der Waals surface area contributed by atoms with Gasteiger partial charge in [0.1, 0.15) is 5.82 Å². The number of alkyl halides is 3. The fourth-order valence-corrected chi connectivity index (χ4v) is 3.11. The second kappa shape index (κ2) is 5.90. The number of anilines is 1. The molecule has 0 saturated carbocycles. The highest BCUT2D eigenvalue weighted by atomic mass is 32.2. The van der Waals surface area contributed by atoms with E-state index < -0.39 is 17.7 Å². The first-order valence-corrected chi connectivity index (χ1v) is 7.13. The number of aromatic nitrogens is 1. The average Bonchev–Trinajstić information content (AvgIpc) is 2.38. The van der Waals surface area contributed by atoms with E-state index in [2.05, 4.69) is 4.98 Å². The van der Waals surface area contributed by atoms with E-state index in [1.807, 2.05) is 0 Å². The highest BCUT2D eigenvalue weighted by Crippen LogP contribution is 2.30. The predicted octanol–water partition coefficient (Wildman–Crippen LogP) is 2.50. The number of aliphatic carboxylic acids is 1. The summed E-state index contributed by atoms with van der Waals surface area (Å²) in [6.45, 7) is 0.584. The highest BCUT2D eigenvalue weighted by molar-refractivity contribution is 7.99. The maximum atomic E-state index is 12.5. The van der Waals surface area contributed by atoms with E-state index in [9.17, 15) is 18.0 Å². The summed E-state index contributed by atoms with van der Waals surface area (Å²) in [6.07, 6.45) is -3.67. The van der Waals surface area contributed by atoms with Gasteiger partial charge in [-0.25, -0.2) is 4.98 Å². The standard InChI is InChI=1S/C12H13F3N2O2S/c13-12(14,15)8-1-2-10(16-6-8)17-3-4-20-7-9(17)5-11(18)19/h1-2,6,9H,3-5,7H2,(H,18,19). The number of halogens is 3. The SMILES string of the molecule is O=C(O)CC1CSCCN1c1ccc(C(F)(F)F)cn1. The molecule has 0 aromatic carbocycles. The Bertz CT molecular complexity index is 479. The van der Waals surface area contributed by atoms with Gasteiger partial charge in [-0.05, 0) is 12.1 Å². The molecule has 1 fully saturated rings. The van der Waals surface area contributed by atoms with Gasteiger partial charge < -0.3 is 10.0 Å². The molecule has 1 aliphatic heterocycles. The van der Waals surface area contributed by atoms with E-state index in [1.165, 1.54) is 6.07 Å². The van der Waals surface area contributed by atoms with Gasteiger partial charge in [-0.3, -0.25) is 4.79 Å². The molecule has 1 atom stereocenters. The summed E-state index contributed by atoms with van der Waals surface area (Å²) in [6, 6.07) is 2.03. The number of carboxylic acid groups (broad SMARTS) is 1. The topological polar surface area (TPSA) is 53.4 Å². The Labute approximate surface area is 118 Å². The van der Waals surface area contributed by atoms with Crippen molar-refractivity contribution in [3.63, 3.8) is 0 Å². The van der Waals surface area contributed by atoms with Gasteiger partial charge in [0.15, 0.2) is 0 Å². The average molecular weight is 306 g/mol. The van der Waals surface area contributed by atoms with Gasteiger partial charge >= 0.3 is 12.1 Å². The fourth-order valence-electron chi connectivity index (χ4n) is 2.05. The van der Waals surface area contributed by atoms with Crippen molar-refractivity contribution in [3.8, 4) is 0 Å². The van der Waals surface area contributed by atoms with Gasteiger partial charge in [-0.1, -0.05) is 0 Å². The maximum absolute atomic E-state index is 12.5. The molecule has 2 heterocycles. The van der Waals surface area contributed by atoms with Crippen LogP contribution in [0.15, 0.2) is 18.3 Å². The van der Waals surface area contributed by atoms with Crippen molar-refractivity contribution >= 4 is 23.5 Å². The number of hydrogen-bond acceptors (Lipinski definition) is 4. The molecule has 20 heavy (non-hydrogen) atoms. The van der Waals surface area contributed by atoms with Gasteiger partial charge in [0.2, 0.25) is 0 Å². The van der Waals surface area contributed by atoms with E-state index >= 15 is 0 Å². The molecule has 4 nitrogen and oxygen atoms in total. The van der Waals surface area contributed by atoms with Crippen LogP contribution < -0.4 is 4.90 Å². The minimum absolute atomic E-state index is 0.0459. The van der Waals surface area contributed by atoms with Crippen LogP contribution >= 0.6 is 11.8 Å². The highest BCUT2D eigenvalue weighted by Gasteiger charge is 2.32. The van der Waals surface area contributed by atoms with Gasteiger partial charge in [-0.2, -0.15) is 24.9 Å². The van der Waals surface area contributed by atoms with Crippen LogP contribution in [0.4, 0.5) is 19.0 Å². The van der Waals surface area contributed by atoms with E-state index in [0.29, 0.717) is 18.1 Å². The minimum atomic E-state index is -4.41. The number of carbonyl (C=O) groups is 1. The molecule has 1 unspecified atom stereocenters. The lowest BCUT2D eigenvalue weighted by Gasteiger charge is -2.35. The summed E-state index contributed by atoms with van der Waals surface area (Å²) in [5.74, 6) is 0.910. The van der Waals surface area contributed by atoms with Crippen LogP contribution in [-0.2, 0) is 11.0 Å². The van der Waals surface area contributed by atoms with Crippen LogP contribution in [0, 0.1) is 0 Å². The second-order valence-corrected chi connectivity index (χ2v) is 5.57. The maximum Gasteiger partial charge on any atom is 0.417 e. The van der Waals surface area contributed by atoms with Crippen LogP contribution in [0.3, 0.4) is 0 Å². The second-order valence-electron chi connectivity index (χ2n) is 4.42. The summed E-state index contributed by atoms with van der Waals surface area (Å²) in [7, 11) is 0. The number of hydrogen-bond donors (Lipinski definition) is 1. The summed E-state index contributed by atoms with van der Waals surface area (Å²) in [4.78, 5) is 16.4. The first-order valence-electron chi connectivity index (χ1n) is 5.97. The largest absolute Gasteiger partial charge is 0.481 e. The summed E-state index contributed by atoms with van der Waals surface area (Å²) >= 11 is 1.64. The summed E-state index contributed by atoms with van der Waals surface area (Å²) in [5, 5.41) is 8.88. The Hall–Kier alpha value is -1.44. The number of thioether (sulfide) groups is 1. The smallest absolute Gasteiger partial charge is 0.417 e. The summed E-state index contributed by atoms with van der Waals surface area (Å²) < 4.78 is 37.4. The van der Waals surface area contributed by atoms with Crippen molar-refractivity contribution in [2.75, 3.05) is 23.0 Å². The predicted molar refractivity (Wildman–Crippen MR) is 70.0 cm³/mol.